The van der Waals surface area contributed by atoms with Crippen molar-refractivity contribution in [3.63, 3.8) is 0 Å². The van der Waals surface area contributed by atoms with Crippen LogP contribution < -0.4 is 10.6 Å². The second-order valence-corrected chi connectivity index (χ2v) is 5.67. The van der Waals surface area contributed by atoms with E-state index in [0.29, 0.717) is 11.9 Å². The van der Waals surface area contributed by atoms with E-state index in [-0.39, 0.29) is 0 Å². The second kappa shape index (κ2) is 7.02. The predicted molar refractivity (Wildman–Crippen MR) is 87.0 cm³/mol. The molecule has 5 nitrogen and oxygen atoms in total. The van der Waals surface area contributed by atoms with Gasteiger partial charge in [-0.05, 0) is 43.9 Å². The highest BCUT2D eigenvalue weighted by Gasteiger charge is 2.04. The zero-order chi connectivity index (χ0) is 15.2. The van der Waals surface area contributed by atoms with Gasteiger partial charge in [-0.1, -0.05) is 13.8 Å². The van der Waals surface area contributed by atoms with E-state index in [1.165, 1.54) is 0 Å². The van der Waals surface area contributed by atoms with E-state index >= 15 is 0 Å². The van der Waals surface area contributed by atoms with Gasteiger partial charge in [0.15, 0.2) is 0 Å². The van der Waals surface area contributed by atoms with Crippen molar-refractivity contribution < 1.29 is 0 Å². The number of hydrogen-bond donors (Lipinski definition) is 2. The lowest BCUT2D eigenvalue weighted by Gasteiger charge is -2.10. The lowest BCUT2D eigenvalue weighted by molar-refractivity contribution is 0.606. The molecule has 112 valence electrons. The average molecular weight is 285 g/mol. The smallest absolute Gasteiger partial charge is 0.224 e. The molecule has 2 aromatic heterocycles. The van der Waals surface area contributed by atoms with Crippen LogP contribution in [-0.2, 0) is 0 Å². The lowest BCUT2D eigenvalue weighted by atomic mass is 10.1. The van der Waals surface area contributed by atoms with Crippen molar-refractivity contribution in [3.8, 4) is 0 Å². The number of pyridine rings is 1. The molecule has 0 bridgehead atoms. The summed E-state index contributed by atoms with van der Waals surface area (Å²) in [6.07, 6.45) is 2.88. The molecule has 2 heterocycles. The molecule has 0 fully saturated rings. The summed E-state index contributed by atoms with van der Waals surface area (Å²) in [6.45, 7) is 9.29. The molecule has 0 saturated carbocycles. The van der Waals surface area contributed by atoms with Gasteiger partial charge in [0.1, 0.15) is 11.6 Å². The van der Waals surface area contributed by atoms with Crippen molar-refractivity contribution in [1.82, 2.24) is 15.0 Å². The molecule has 0 radical (unpaired) electrons. The molecule has 5 heteroatoms. The summed E-state index contributed by atoms with van der Waals surface area (Å²) >= 11 is 0. The summed E-state index contributed by atoms with van der Waals surface area (Å²) in [7, 11) is 0. The third-order valence-electron chi connectivity index (χ3n) is 3.03. The largest absolute Gasteiger partial charge is 0.354 e. The Kier molecular flexibility index (Phi) is 5.09. The molecule has 0 atom stereocenters. The van der Waals surface area contributed by atoms with Crippen LogP contribution >= 0.6 is 0 Å². The maximum absolute atomic E-state index is 4.48. The molecule has 0 aliphatic heterocycles. The molecule has 21 heavy (non-hydrogen) atoms. The van der Waals surface area contributed by atoms with Crippen molar-refractivity contribution >= 4 is 17.6 Å². The van der Waals surface area contributed by atoms with E-state index in [2.05, 4.69) is 39.4 Å². The van der Waals surface area contributed by atoms with Crippen LogP contribution in [0.1, 0.15) is 31.5 Å². The van der Waals surface area contributed by atoms with E-state index in [9.17, 15) is 0 Å². The van der Waals surface area contributed by atoms with Crippen molar-refractivity contribution in [2.24, 2.45) is 5.92 Å². The third-order valence-corrected chi connectivity index (χ3v) is 3.03. The Morgan fingerprint density at radius 2 is 1.90 bits per heavy atom. The molecule has 2 N–H and O–H groups in total. The van der Waals surface area contributed by atoms with Crippen molar-refractivity contribution in [1.29, 1.82) is 0 Å². The monoisotopic (exact) mass is 285 g/mol. The van der Waals surface area contributed by atoms with Gasteiger partial charge in [-0.15, -0.1) is 0 Å². The van der Waals surface area contributed by atoms with Gasteiger partial charge >= 0.3 is 0 Å². The van der Waals surface area contributed by atoms with Gasteiger partial charge in [0.05, 0.1) is 0 Å². The van der Waals surface area contributed by atoms with Crippen LogP contribution in [0.5, 0.6) is 0 Å². The summed E-state index contributed by atoms with van der Waals surface area (Å²) in [5.41, 5.74) is 2.08. The van der Waals surface area contributed by atoms with Crippen LogP contribution in [0.3, 0.4) is 0 Å². The molecule has 0 amide bonds. The molecule has 0 unspecified atom stereocenters. The number of aromatic nitrogens is 3. The van der Waals surface area contributed by atoms with E-state index in [1.54, 1.807) is 6.20 Å². The molecular weight excluding hydrogens is 262 g/mol. The summed E-state index contributed by atoms with van der Waals surface area (Å²) in [6, 6.07) is 5.87. The zero-order valence-corrected chi connectivity index (χ0v) is 13.1. The van der Waals surface area contributed by atoms with Crippen molar-refractivity contribution in [2.75, 3.05) is 17.2 Å². The normalized spacial score (nSPS) is 10.7. The van der Waals surface area contributed by atoms with Crippen LogP contribution in [-0.4, -0.2) is 21.5 Å². The summed E-state index contributed by atoms with van der Waals surface area (Å²) in [4.78, 5) is 13.2. The Hall–Kier alpha value is -2.17. The Morgan fingerprint density at radius 1 is 1.10 bits per heavy atom. The fourth-order valence-corrected chi connectivity index (χ4v) is 1.92. The first-order chi connectivity index (χ1) is 10.0. The molecule has 0 saturated heterocycles. The Bertz CT molecular complexity index is 595. The van der Waals surface area contributed by atoms with Crippen LogP contribution in [0, 0.1) is 19.8 Å². The van der Waals surface area contributed by atoms with Gasteiger partial charge in [-0.2, -0.15) is 4.98 Å². The van der Waals surface area contributed by atoms with Crippen molar-refractivity contribution in [2.45, 2.75) is 34.1 Å². The first kappa shape index (κ1) is 15.2. The van der Waals surface area contributed by atoms with Gasteiger partial charge in [0.25, 0.3) is 0 Å². The third kappa shape index (κ3) is 5.02. The number of nitrogens with zero attached hydrogens (tertiary/aromatic N) is 3. The van der Waals surface area contributed by atoms with E-state index in [1.807, 2.05) is 32.0 Å². The Balaban J connectivity index is 2.07. The van der Waals surface area contributed by atoms with E-state index in [0.717, 1.165) is 35.9 Å². The number of nitrogens with one attached hydrogen (secondary N) is 2. The molecule has 0 aromatic carbocycles. The average Bonchev–Trinajstić information content (AvgIpc) is 2.37. The van der Waals surface area contributed by atoms with Gasteiger partial charge in [0, 0.05) is 24.5 Å². The molecule has 2 aromatic rings. The minimum atomic E-state index is 0.658. The molecule has 0 aliphatic carbocycles. The highest BCUT2D eigenvalue weighted by atomic mass is 15.2. The zero-order valence-electron chi connectivity index (χ0n) is 13.1. The van der Waals surface area contributed by atoms with Crippen LogP contribution in [0.4, 0.5) is 17.6 Å². The minimum absolute atomic E-state index is 0.658. The molecule has 2 rings (SSSR count). The first-order valence-corrected chi connectivity index (χ1v) is 7.32. The van der Waals surface area contributed by atoms with Gasteiger partial charge < -0.3 is 10.6 Å². The van der Waals surface area contributed by atoms with Gasteiger partial charge in [-0.3, -0.25) is 0 Å². The number of aryl methyl sites for hydroxylation is 2. The van der Waals surface area contributed by atoms with Crippen LogP contribution in [0.25, 0.3) is 0 Å². The van der Waals surface area contributed by atoms with Crippen LogP contribution in [0.15, 0.2) is 24.4 Å². The van der Waals surface area contributed by atoms with Gasteiger partial charge in [-0.25, -0.2) is 9.97 Å². The molecular formula is C16H23N5. The maximum atomic E-state index is 4.48. The van der Waals surface area contributed by atoms with E-state index < -0.39 is 0 Å². The lowest BCUT2D eigenvalue weighted by Crippen LogP contribution is -2.09. The fraction of sp³-hybridized carbons (Fsp3) is 0.438. The molecule has 0 aliphatic rings. The minimum Gasteiger partial charge on any atom is -0.354 e. The predicted octanol–water partition coefficient (Wildman–Crippen LogP) is 3.69. The first-order valence-electron chi connectivity index (χ1n) is 7.32. The second-order valence-electron chi connectivity index (χ2n) is 5.67. The highest BCUT2D eigenvalue weighted by molar-refractivity contribution is 5.54. The van der Waals surface area contributed by atoms with Crippen LogP contribution in [0.2, 0.25) is 0 Å². The van der Waals surface area contributed by atoms with Gasteiger partial charge in [0.2, 0.25) is 5.95 Å². The maximum Gasteiger partial charge on any atom is 0.224 e. The number of anilines is 3. The standard InChI is InChI=1S/C16H23N5/c1-11(2)5-7-18-16-19-13(4)10-15(21-16)20-14-9-12(3)6-8-17-14/h6,8-11H,5,7H2,1-4H3,(H2,17,18,19,20,21). The summed E-state index contributed by atoms with van der Waals surface area (Å²) in [5, 5.41) is 6.49. The number of rotatable bonds is 6. The molecule has 0 spiro atoms. The number of hydrogen-bond acceptors (Lipinski definition) is 5. The Labute approximate surface area is 126 Å². The fourth-order valence-electron chi connectivity index (χ4n) is 1.92. The quantitative estimate of drug-likeness (QED) is 0.847. The topological polar surface area (TPSA) is 62.7 Å². The SMILES string of the molecule is Cc1ccnc(Nc2cc(C)nc(NCCC(C)C)n2)c1. The Morgan fingerprint density at radius 3 is 2.62 bits per heavy atom. The van der Waals surface area contributed by atoms with E-state index in [4.69, 9.17) is 0 Å². The summed E-state index contributed by atoms with van der Waals surface area (Å²) in [5.74, 6) is 2.87. The highest BCUT2D eigenvalue weighted by Crippen LogP contribution is 2.15. The van der Waals surface area contributed by atoms with Crippen molar-refractivity contribution in [3.05, 3.63) is 35.7 Å². The summed E-state index contributed by atoms with van der Waals surface area (Å²) < 4.78 is 0.